The molecule has 0 aliphatic carbocycles. The Hall–Kier alpha value is -0.940. The minimum atomic E-state index is 0.750. The van der Waals surface area contributed by atoms with Crippen molar-refractivity contribution in [1.82, 2.24) is 25.0 Å². The topological polar surface area (TPSA) is 46.0 Å². The van der Waals surface area contributed by atoms with Gasteiger partial charge in [-0.05, 0) is 38.9 Å². The van der Waals surface area contributed by atoms with Crippen LogP contribution in [0.5, 0.6) is 0 Å². The van der Waals surface area contributed by atoms with E-state index in [1.807, 2.05) is 4.68 Å². The average Bonchev–Trinajstić information content (AvgIpc) is 2.88. The van der Waals surface area contributed by atoms with Crippen molar-refractivity contribution in [3.8, 4) is 0 Å². The highest BCUT2D eigenvalue weighted by Gasteiger charge is 2.19. The Morgan fingerprint density at radius 2 is 2.18 bits per heavy atom. The molecule has 0 radical (unpaired) electrons. The first-order valence-electron chi connectivity index (χ1n) is 6.67. The molecule has 1 aromatic heterocycles. The summed E-state index contributed by atoms with van der Waals surface area (Å²) in [5.41, 5.74) is 0. The van der Waals surface area contributed by atoms with Gasteiger partial charge in [-0.15, -0.1) is 0 Å². The maximum absolute atomic E-state index is 4.16. The van der Waals surface area contributed by atoms with Crippen LogP contribution in [0.4, 0.5) is 0 Å². The van der Waals surface area contributed by atoms with Crippen molar-refractivity contribution in [2.45, 2.75) is 38.8 Å². The molecule has 17 heavy (non-hydrogen) atoms. The molecule has 5 heteroatoms. The molecule has 5 nitrogen and oxygen atoms in total. The maximum Gasteiger partial charge on any atom is 0.137 e. The van der Waals surface area contributed by atoms with Crippen LogP contribution in [0.25, 0.3) is 0 Å². The lowest BCUT2D eigenvalue weighted by molar-refractivity contribution is 0.154. The van der Waals surface area contributed by atoms with Crippen LogP contribution in [0.1, 0.15) is 26.2 Å². The zero-order valence-electron chi connectivity index (χ0n) is 10.7. The van der Waals surface area contributed by atoms with Crippen molar-refractivity contribution in [1.29, 1.82) is 0 Å². The van der Waals surface area contributed by atoms with Crippen molar-refractivity contribution in [3.63, 3.8) is 0 Å². The highest BCUT2D eigenvalue weighted by Crippen LogP contribution is 2.12. The van der Waals surface area contributed by atoms with Gasteiger partial charge in [0.15, 0.2) is 0 Å². The van der Waals surface area contributed by atoms with Crippen LogP contribution in [0.15, 0.2) is 12.7 Å². The lowest BCUT2D eigenvalue weighted by Crippen LogP contribution is -2.44. The van der Waals surface area contributed by atoms with Crippen molar-refractivity contribution in [2.24, 2.45) is 0 Å². The molecular weight excluding hydrogens is 214 g/mol. The van der Waals surface area contributed by atoms with Crippen molar-refractivity contribution >= 4 is 0 Å². The largest absolute Gasteiger partial charge is 0.317 e. The average molecular weight is 237 g/mol. The van der Waals surface area contributed by atoms with Gasteiger partial charge in [0.25, 0.3) is 0 Å². The third-order valence-electron chi connectivity index (χ3n) is 3.42. The molecule has 1 aliphatic rings. The molecule has 0 spiro atoms. The van der Waals surface area contributed by atoms with Crippen LogP contribution >= 0.6 is 0 Å². The van der Waals surface area contributed by atoms with E-state index >= 15 is 0 Å². The van der Waals surface area contributed by atoms with E-state index in [1.165, 1.54) is 25.8 Å². The fourth-order valence-electron chi connectivity index (χ4n) is 2.52. The molecule has 1 saturated heterocycles. The van der Waals surface area contributed by atoms with Crippen LogP contribution in [0, 0.1) is 0 Å². The highest BCUT2D eigenvalue weighted by atomic mass is 15.3. The summed E-state index contributed by atoms with van der Waals surface area (Å²) in [4.78, 5) is 6.60. The van der Waals surface area contributed by atoms with Gasteiger partial charge in [-0.1, -0.05) is 6.92 Å². The van der Waals surface area contributed by atoms with Gasteiger partial charge in [-0.2, -0.15) is 5.10 Å². The third-order valence-corrected chi connectivity index (χ3v) is 3.42. The van der Waals surface area contributed by atoms with Gasteiger partial charge in [0.1, 0.15) is 12.7 Å². The number of nitrogens with one attached hydrogen (secondary N) is 1. The number of hydrogen-bond donors (Lipinski definition) is 1. The molecule has 0 aromatic carbocycles. The van der Waals surface area contributed by atoms with Gasteiger partial charge < -0.3 is 5.32 Å². The predicted molar refractivity (Wildman–Crippen MR) is 67.8 cm³/mol. The molecule has 0 bridgehead atoms. The second-order valence-corrected chi connectivity index (χ2v) is 4.68. The van der Waals surface area contributed by atoms with E-state index in [1.54, 1.807) is 12.7 Å². The Labute approximate surface area is 103 Å². The normalized spacial score (nSPS) is 17.8. The Bertz CT molecular complexity index is 292. The fourth-order valence-corrected chi connectivity index (χ4v) is 2.52. The van der Waals surface area contributed by atoms with E-state index in [4.69, 9.17) is 0 Å². The molecule has 0 amide bonds. The number of aromatic nitrogens is 3. The first-order chi connectivity index (χ1) is 8.40. The van der Waals surface area contributed by atoms with Crippen LogP contribution in [-0.2, 0) is 6.54 Å². The maximum atomic E-state index is 4.16. The molecule has 0 atom stereocenters. The summed E-state index contributed by atoms with van der Waals surface area (Å²) in [7, 11) is 0. The summed E-state index contributed by atoms with van der Waals surface area (Å²) in [5.74, 6) is 0. The summed E-state index contributed by atoms with van der Waals surface area (Å²) in [6.45, 7) is 7.80. The van der Waals surface area contributed by atoms with Crippen LogP contribution in [0.3, 0.4) is 0 Å². The van der Waals surface area contributed by atoms with Crippen molar-refractivity contribution in [3.05, 3.63) is 12.7 Å². The standard InChI is InChI=1S/C12H23N5/c1-2-7-16(12-3-5-13-6-4-12)8-9-17-11-14-10-15-17/h10-13H,2-9H2,1H3. The molecule has 1 aromatic rings. The molecule has 1 aliphatic heterocycles. The molecule has 2 heterocycles. The lowest BCUT2D eigenvalue weighted by atomic mass is 10.0. The molecule has 1 N–H and O–H groups in total. The predicted octanol–water partition coefficient (Wildman–Crippen LogP) is 0.742. The first kappa shape index (κ1) is 12.5. The monoisotopic (exact) mass is 237 g/mol. The number of rotatable bonds is 6. The summed E-state index contributed by atoms with van der Waals surface area (Å²) in [6, 6.07) is 0.750. The molecule has 1 fully saturated rings. The van der Waals surface area contributed by atoms with E-state index < -0.39 is 0 Å². The second-order valence-electron chi connectivity index (χ2n) is 4.68. The molecule has 0 saturated carbocycles. The second kappa shape index (κ2) is 6.71. The van der Waals surface area contributed by atoms with E-state index in [-0.39, 0.29) is 0 Å². The number of hydrogen-bond acceptors (Lipinski definition) is 4. The minimum absolute atomic E-state index is 0.750. The Morgan fingerprint density at radius 1 is 1.35 bits per heavy atom. The van der Waals surface area contributed by atoms with Gasteiger partial charge in [-0.25, -0.2) is 4.98 Å². The molecule has 96 valence electrons. The Kier molecular flexibility index (Phi) is 4.94. The van der Waals surface area contributed by atoms with Gasteiger partial charge in [-0.3, -0.25) is 9.58 Å². The van der Waals surface area contributed by atoms with Gasteiger partial charge in [0.2, 0.25) is 0 Å². The summed E-state index contributed by atoms with van der Waals surface area (Å²) in [6.07, 6.45) is 7.18. The van der Waals surface area contributed by atoms with E-state index in [0.29, 0.717) is 0 Å². The van der Waals surface area contributed by atoms with Gasteiger partial charge in [0, 0.05) is 12.6 Å². The zero-order valence-corrected chi connectivity index (χ0v) is 10.7. The number of piperidine rings is 1. The highest BCUT2D eigenvalue weighted by molar-refractivity contribution is 4.77. The van der Waals surface area contributed by atoms with E-state index in [2.05, 4.69) is 27.2 Å². The Morgan fingerprint density at radius 3 is 2.82 bits per heavy atom. The summed E-state index contributed by atoms with van der Waals surface area (Å²) >= 11 is 0. The zero-order chi connectivity index (χ0) is 11.9. The minimum Gasteiger partial charge on any atom is -0.317 e. The first-order valence-corrected chi connectivity index (χ1v) is 6.67. The van der Waals surface area contributed by atoms with Gasteiger partial charge >= 0.3 is 0 Å². The summed E-state index contributed by atoms with van der Waals surface area (Å²) < 4.78 is 1.92. The molecule has 2 rings (SSSR count). The van der Waals surface area contributed by atoms with Crippen LogP contribution < -0.4 is 5.32 Å². The Balaban J connectivity index is 1.82. The smallest absolute Gasteiger partial charge is 0.137 e. The molecular formula is C12H23N5. The molecule has 0 unspecified atom stereocenters. The lowest BCUT2D eigenvalue weighted by Gasteiger charge is -2.34. The van der Waals surface area contributed by atoms with E-state index in [0.717, 1.165) is 32.2 Å². The third kappa shape index (κ3) is 3.78. The quantitative estimate of drug-likeness (QED) is 0.793. The number of nitrogens with zero attached hydrogens (tertiary/aromatic N) is 4. The van der Waals surface area contributed by atoms with Gasteiger partial charge in [0.05, 0.1) is 6.54 Å². The van der Waals surface area contributed by atoms with Crippen LogP contribution in [0.2, 0.25) is 0 Å². The fraction of sp³-hybridized carbons (Fsp3) is 0.833. The van der Waals surface area contributed by atoms with Crippen LogP contribution in [-0.4, -0.2) is 51.9 Å². The van der Waals surface area contributed by atoms with Crippen molar-refractivity contribution in [2.75, 3.05) is 26.2 Å². The van der Waals surface area contributed by atoms with Crippen molar-refractivity contribution < 1.29 is 0 Å². The summed E-state index contributed by atoms with van der Waals surface area (Å²) in [5, 5.41) is 7.59. The SMILES string of the molecule is CCCN(CCn1cncn1)C1CCNCC1. The van der Waals surface area contributed by atoms with E-state index in [9.17, 15) is 0 Å².